The van der Waals surface area contributed by atoms with Crippen molar-refractivity contribution in [3.05, 3.63) is 29.8 Å². The lowest BCUT2D eigenvalue weighted by Gasteiger charge is -2.31. The fraction of sp³-hybridized carbons (Fsp3) is 0.556. The second-order valence-electron chi connectivity index (χ2n) is 6.25. The Hall–Kier alpha value is -1.63. The lowest BCUT2D eigenvalue weighted by molar-refractivity contribution is -0.127. The molecule has 0 saturated carbocycles. The van der Waals surface area contributed by atoms with Crippen LogP contribution < -0.4 is 16.4 Å². The number of rotatable bonds is 7. The molecule has 2 amide bonds. The molecular formula is C18H29ClN4O2. The molecule has 1 aromatic carbocycles. The van der Waals surface area contributed by atoms with Crippen molar-refractivity contribution in [3.63, 3.8) is 0 Å². The standard InChI is InChI=1S/C18H28N4O2.ClH/c1-2-14-5-7-16(8-6-14)21-17(23)13-22-11-3-4-15(12-22)18(24)20-10-9-19;/h5-8,15H,2-4,9-13,19H2,1H3,(H,20,24)(H,21,23);1H. The molecule has 1 atom stereocenters. The number of carbonyl (C=O) groups excluding carboxylic acids is 2. The van der Waals surface area contributed by atoms with Gasteiger partial charge in [-0.15, -0.1) is 12.4 Å². The molecule has 4 N–H and O–H groups in total. The number of carbonyl (C=O) groups is 2. The zero-order valence-electron chi connectivity index (χ0n) is 14.8. The Morgan fingerprint density at radius 3 is 2.64 bits per heavy atom. The molecule has 0 bridgehead atoms. The minimum Gasteiger partial charge on any atom is -0.355 e. The Balaban J connectivity index is 0.00000312. The second-order valence-corrected chi connectivity index (χ2v) is 6.25. The summed E-state index contributed by atoms with van der Waals surface area (Å²) in [6, 6.07) is 7.90. The fourth-order valence-corrected chi connectivity index (χ4v) is 2.98. The highest BCUT2D eigenvalue weighted by atomic mass is 35.5. The molecule has 1 heterocycles. The van der Waals surface area contributed by atoms with Crippen molar-refractivity contribution >= 4 is 29.9 Å². The Labute approximate surface area is 155 Å². The third kappa shape index (κ3) is 7.02. The number of anilines is 1. The first-order chi connectivity index (χ1) is 11.6. The van der Waals surface area contributed by atoms with Crippen LogP contribution in [0.1, 0.15) is 25.3 Å². The Morgan fingerprint density at radius 1 is 1.28 bits per heavy atom. The van der Waals surface area contributed by atoms with Crippen LogP contribution in [-0.2, 0) is 16.0 Å². The minimum atomic E-state index is -0.0538. The van der Waals surface area contributed by atoms with Crippen LogP contribution in [0.3, 0.4) is 0 Å². The summed E-state index contributed by atoms with van der Waals surface area (Å²) in [5.41, 5.74) is 7.47. The Kier molecular flexibility index (Phi) is 9.49. The maximum Gasteiger partial charge on any atom is 0.238 e. The number of aryl methyl sites for hydroxylation is 1. The molecule has 0 aromatic heterocycles. The summed E-state index contributed by atoms with van der Waals surface area (Å²) < 4.78 is 0. The number of piperidine rings is 1. The van der Waals surface area contributed by atoms with Gasteiger partial charge in [-0.05, 0) is 43.5 Å². The van der Waals surface area contributed by atoms with Crippen LogP contribution in [0.5, 0.6) is 0 Å². The summed E-state index contributed by atoms with van der Waals surface area (Å²) in [6.45, 7) is 4.84. The first-order valence-corrected chi connectivity index (χ1v) is 8.71. The van der Waals surface area contributed by atoms with Crippen LogP contribution >= 0.6 is 12.4 Å². The normalized spacial score (nSPS) is 17.4. The Morgan fingerprint density at radius 2 is 2.00 bits per heavy atom. The van der Waals surface area contributed by atoms with Crippen molar-refractivity contribution in [2.24, 2.45) is 11.7 Å². The van der Waals surface area contributed by atoms with Gasteiger partial charge in [0.1, 0.15) is 0 Å². The van der Waals surface area contributed by atoms with Crippen LogP contribution in [0.2, 0.25) is 0 Å². The SMILES string of the molecule is CCc1ccc(NC(=O)CN2CCCC(C(=O)NCCN)C2)cc1.Cl. The zero-order valence-corrected chi connectivity index (χ0v) is 15.6. The van der Waals surface area contributed by atoms with Crippen LogP contribution in [0, 0.1) is 5.92 Å². The molecule has 140 valence electrons. The van der Waals surface area contributed by atoms with Crippen molar-refractivity contribution in [2.45, 2.75) is 26.2 Å². The lowest BCUT2D eigenvalue weighted by atomic mass is 9.97. The van der Waals surface area contributed by atoms with Crippen LogP contribution in [0.4, 0.5) is 5.69 Å². The van der Waals surface area contributed by atoms with E-state index < -0.39 is 0 Å². The molecule has 0 radical (unpaired) electrons. The minimum absolute atomic E-state index is 0. The zero-order chi connectivity index (χ0) is 17.4. The van der Waals surface area contributed by atoms with Gasteiger partial charge in [-0.25, -0.2) is 0 Å². The fourth-order valence-electron chi connectivity index (χ4n) is 2.98. The predicted molar refractivity (Wildman–Crippen MR) is 103 cm³/mol. The van der Waals surface area contributed by atoms with E-state index in [1.165, 1.54) is 5.56 Å². The molecule has 1 fully saturated rings. The third-order valence-corrected chi connectivity index (χ3v) is 4.33. The number of halogens is 1. The van der Waals surface area contributed by atoms with Gasteiger partial charge < -0.3 is 16.4 Å². The summed E-state index contributed by atoms with van der Waals surface area (Å²) in [4.78, 5) is 26.3. The molecule has 0 spiro atoms. The highest BCUT2D eigenvalue weighted by Crippen LogP contribution is 2.17. The smallest absolute Gasteiger partial charge is 0.238 e. The van der Waals surface area contributed by atoms with Gasteiger partial charge >= 0.3 is 0 Å². The molecular weight excluding hydrogens is 340 g/mol. The van der Waals surface area contributed by atoms with Gasteiger partial charge in [0.25, 0.3) is 0 Å². The van der Waals surface area contributed by atoms with E-state index in [0.29, 0.717) is 26.2 Å². The molecule has 1 saturated heterocycles. The molecule has 1 aliphatic rings. The molecule has 25 heavy (non-hydrogen) atoms. The Bertz CT molecular complexity index is 551. The number of nitrogens with two attached hydrogens (primary N) is 1. The number of hydrogen-bond acceptors (Lipinski definition) is 4. The van der Waals surface area contributed by atoms with Gasteiger partial charge in [-0.1, -0.05) is 19.1 Å². The average Bonchev–Trinajstić information content (AvgIpc) is 2.60. The number of nitrogens with zero attached hydrogens (tertiary/aromatic N) is 1. The highest BCUT2D eigenvalue weighted by Gasteiger charge is 2.26. The van der Waals surface area contributed by atoms with Crippen LogP contribution in [0.15, 0.2) is 24.3 Å². The highest BCUT2D eigenvalue weighted by molar-refractivity contribution is 5.92. The van der Waals surface area contributed by atoms with Crippen molar-refractivity contribution in [1.29, 1.82) is 0 Å². The maximum absolute atomic E-state index is 12.2. The molecule has 6 nitrogen and oxygen atoms in total. The van der Waals surface area contributed by atoms with Gasteiger partial charge in [0, 0.05) is 25.3 Å². The second kappa shape index (κ2) is 11.1. The van der Waals surface area contributed by atoms with E-state index in [4.69, 9.17) is 5.73 Å². The topological polar surface area (TPSA) is 87.5 Å². The maximum atomic E-state index is 12.2. The number of nitrogens with one attached hydrogen (secondary N) is 2. The number of likely N-dealkylation sites (tertiary alicyclic amines) is 1. The largest absolute Gasteiger partial charge is 0.355 e. The van der Waals surface area contributed by atoms with Crippen molar-refractivity contribution in [3.8, 4) is 0 Å². The predicted octanol–water partition coefficient (Wildman–Crippen LogP) is 1.40. The summed E-state index contributed by atoms with van der Waals surface area (Å²) in [7, 11) is 0. The lowest BCUT2D eigenvalue weighted by Crippen LogP contribution is -2.46. The van der Waals surface area contributed by atoms with E-state index in [1.807, 2.05) is 29.2 Å². The molecule has 1 aliphatic heterocycles. The van der Waals surface area contributed by atoms with Gasteiger partial charge in [0.2, 0.25) is 11.8 Å². The first kappa shape index (κ1) is 21.4. The molecule has 7 heteroatoms. The van der Waals surface area contributed by atoms with Gasteiger partial charge in [-0.2, -0.15) is 0 Å². The molecule has 0 aliphatic carbocycles. The van der Waals surface area contributed by atoms with Crippen molar-refractivity contribution in [1.82, 2.24) is 10.2 Å². The summed E-state index contributed by atoms with van der Waals surface area (Å²) in [5, 5.41) is 5.76. The summed E-state index contributed by atoms with van der Waals surface area (Å²) in [5.74, 6) is -0.0510. The van der Waals surface area contributed by atoms with E-state index in [9.17, 15) is 9.59 Å². The first-order valence-electron chi connectivity index (χ1n) is 8.71. The van der Waals surface area contributed by atoms with E-state index in [-0.39, 0.29) is 30.1 Å². The van der Waals surface area contributed by atoms with Crippen molar-refractivity contribution < 1.29 is 9.59 Å². The van der Waals surface area contributed by atoms with Gasteiger partial charge in [0.05, 0.1) is 12.5 Å². The number of benzene rings is 1. The van der Waals surface area contributed by atoms with E-state index in [2.05, 4.69) is 17.6 Å². The monoisotopic (exact) mass is 368 g/mol. The van der Waals surface area contributed by atoms with Crippen LogP contribution in [0.25, 0.3) is 0 Å². The van der Waals surface area contributed by atoms with Crippen molar-refractivity contribution in [2.75, 3.05) is 38.0 Å². The molecule has 1 unspecified atom stereocenters. The van der Waals surface area contributed by atoms with Gasteiger partial charge in [0.15, 0.2) is 0 Å². The number of amides is 2. The quantitative estimate of drug-likeness (QED) is 0.678. The summed E-state index contributed by atoms with van der Waals surface area (Å²) in [6.07, 6.45) is 2.78. The van der Waals surface area contributed by atoms with E-state index in [0.717, 1.165) is 31.5 Å². The van der Waals surface area contributed by atoms with E-state index in [1.54, 1.807) is 0 Å². The van der Waals surface area contributed by atoms with Gasteiger partial charge in [-0.3, -0.25) is 14.5 Å². The average molecular weight is 369 g/mol. The molecule has 2 rings (SSSR count). The summed E-state index contributed by atoms with van der Waals surface area (Å²) >= 11 is 0. The molecule has 1 aromatic rings. The van der Waals surface area contributed by atoms with Crippen LogP contribution in [-0.4, -0.2) is 49.4 Å². The number of hydrogen-bond donors (Lipinski definition) is 3. The third-order valence-electron chi connectivity index (χ3n) is 4.33. The van der Waals surface area contributed by atoms with E-state index >= 15 is 0 Å².